The Morgan fingerprint density at radius 2 is 1.28 bits per heavy atom. The Morgan fingerprint density at radius 1 is 0.585 bits per heavy atom. The SMILES string of the molecule is COC1CC(C=CC(=O)OCC2OC(OCC3OC(OC4CC5C(O)CC(O)CC5OC4C4CCC(O)C(O)C4)C(OC4OCC(O)C(O)C4O)C(O)C3O)C(O)C(O)C2O)CCC1O. The minimum atomic E-state index is -1.91. The third kappa shape index (κ3) is 11.9. The number of allylic oxidation sites excluding steroid dienone is 1. The molecule has 23 nitrogen and oxygen atoms in total. The van der Waals surface area contributed by atoms with Gasteiger partial charge in [-0.15, -0.1) is 0 Å². The normalized spacial score (nSPS) is 51.0. The van der Waals surface area contributed by atoms with Crippen LogP contribution in [-0.4, -0.2) is 240 Å². The fourth-order valence-corrected chi connectivity index (χ4v) is 10.3. The first-order valence-electron chi connectivity index (χ1n) is 22.7. The Bertz CT molecular complexity index is 1540. The topological polar surface area (TPSA) is 363 Å². The van der Waals surface area contributed by atoms with Crippen LogP contribution in [0.5, 0.6) is 0 Å². The lowest BCUT2D eigenvalue weighted by atomic mass is 9.72. The zero-order valence-corrected chi connectivity index (χ0v) is 36.0. The van der Waals surface area contributed by atoms with E-state index in [1.807, 2.05) is 0 Å². The van der Waals surface area contributed by atoms with Crippen molar-refractivity contribution in [2.45, 2.75) is 199 Å². The van der Waals surface area contributed by atoms with Crippen LogP contribution in [-0.2, 0) is 47.4 Å². The van der Waals surface area contributed by atoms with E-state index < -0.39 is 172 Å². The van der Waals surface area contributed by atoms with Crippen LogP contribution >= 0.6 is 0 Å². The van der Waals surface area contributed by atoms with Crippen LogP contribution in [0.25, 0.3) is 0 Å². The quantitative estimate of drug-likeness (QED) is 0.0605. The maximum Gasteiger partial charge on any atom is 0.330 e. The van der Waals surface area contributed by atoms with Crippen LogP contribution in [0, 0.1) is 17.8 Å². The summed E-state index contributed by atoms with van der Waals surface area (Å²) in [7, 11) is 1.49. The van der Waals surface area contributed by atoms with Gasteiger partial charge in [0.1, 0.15) is 73.8 Å². The minimum Gasteiger partial charge on any atom is -0.460 e. The number of aliphatic hydroxyl groups excluding tert-OH is 13. The average Bonchev–Trinajstić information content (AvgIpc) is 3.28. The van der Waals surface area contributed by atoms with Crippen molar-refractivity contribution in [1.82, 2.24) is 0 Å². The molecule has 3 aliphatic carbocycles. The number of hydrogen-bond donors (Lipinski definition) is 13. The first-order chi connectivity index (χ1) is 30.9. The van der Waals surface area contributed by atoms with Crippen molar-refractivity contribution in [2.24, 2.45) is 17.8 Å². The second-order valence-electron chi connectivity index (χ2n) is 18.7. The van der Waals surface area contributed by atoms with Crippen molar-refractivity contribution < 1.29 is 114 Å². The summed E-state index contributed by atoms with van der Waals surface area (Å²) < 4.78 is 52.8. The van der Waals surface area contributed by atoms with E-state index in [1.54, 1.807) is 6.08 Å². The van der Waals surface area contributed by atoms with Gasteiger partial charge in [-0.3, -0.25) is 0 Å². The lowest BCUT2D eigenvalue weighted by Crippen LogP contribution is -2.65. The van der Waals surface area contributed by atoms with Gasteiger partial charge in [0.05, 0.1) is 68.1 Å². The molecule has 374 valence electrons. The number of carbonyl (C=O) groups excluding carboxylic acids is 1. The van der Waals surface area contributed by atoms with Crippen LogP contribution in [0.15, 0.2) is 12.2 Å². The molecule has 0 amide bonds. The summed E-state index contributed by atoms with van der Waals surface area (Å²) in [4.78, 5) is 12.6. The van der Waals surface area contributed by atoms with Crippen molar-refractivity contribution in [2.75, 3.05) is 26.9 Å². The van der Waals surface area contributed by atoms with Crippen molar-refractivity contribution in [3.05, 3.63) is 12.2 Å². The van der Waals surface area contributed by atoms with Gasteiger partial charge in [0, 0.05) is 19.1 Å². The van der Waals surface area contributed by atoms with Gasteiger partial charge in [0.15, 0.2) is 18.9 Å². The number of carbonyl (C=O) groups is 1. The molecule has 7 fully saturated rings. The van der Waals surface area contributed by atoms with Crippen LogP contribution in [0.1, 0.15) is 57.8 Å². The van der Waals surface area contributed by atoms with E-state index in [9.17, 15) is 71.2 Å². The molecule has 26 atom stereocenters. The molecular weight excluding hydrogens is 872 g/mol. The molecule has 0 aromatic rings. The zero-order chi connectivity index (χ0) is 46.9. The van der Waals surface area contributed by atoms with Gasteiger partial charge < -0.3 is 109 Å². The highest BCUT2D eigenvalue weighted by Gasteiger charge is 2.55. The standard InChI is InChI=1S/C42H68O23/c1-57-26-8-16(2-5-21(26)45)3-7-30(49)58-14-28-32(51)34(53)37(56)40(63-28)60-15-29-33(52)35(54)39(65-41-36(55)31(50)24(48)13-59-41)42(64-29)62-27-12-19-22(46)10-18(43)11-25(19)61-38(27)17-4-6-20(44)23(47)9-17/h3,7,16-29,31-48,50-56H,2,4-6,8-15H2,1H3. The minimum absolute atomic E-state index is 0.0653. The number of aliphatic hydroxyl groups is 13. The van der Waals surface area contributed by atoms with Crippen molar-refractivity contribution in [3.63, 3.8) is 0 Å². The Kier molecular flexibility index (Phi) is 17.7. The van der Waals surface area contributed by atoms with Crippen molar-refractivity contribution in [3.8, 4) is 0 Å². The largest absolute Gasteiger partial charge is 0.460 e. The van der Waals surface area contributed by atoms with Crippen LogP contribution in [0.2, 0.25) is 0 Å². The van der Waals surface area contributed by atoms with E-state index >= 15 is 0 Å². The van der Waals surface area contributed by atoms with Crippen LogP contribution in [0.3, 0.4) is 0 Å². The second-order valence-corrected chi connectivity index (χ2v) is 18.7. The van der Waals surface area contributed by atoms with Gasteiger partial charge in [0.2, 0.25) is 0 Å². The maximum absolute atomic E-state index is 12.6. The molecule has 0 bridgehead atoms. The lowest BCUT2D eigenvalue weighted by Gasteiger charge is -2.51. The number of esters is 1. The van der Waals surface area contributed by atoms with Gasteiger partial charge in [-0.05, 0) is 69.6 Å². The highest BCUT2D eigenvalue weighted by Crippen LogP contribution is 2.44. The number of fused-ring (bicyclic) bond motifs is 1. The molecule has 13 N–H and O–H groups in total. The molecule has 4 heterocycles. The molecule has 0 spiro atoms. The number of ether oxygens (including phenoxy) is 9. The smallest absolute Gasteiger partial charge is 0.330 e. The monoisotopic (exact) mass is 940 g/mol. The van der Waals surface area contributed by atoms with E-state index in [1.165, 1.54) is 13.2 Å². The van der Waals surface area contributed by atoms with E-state index in [0.717, 1.165) is 0 Å². The number of hydrogen-bond acceptors (Lipinski definition) is 23. The number of methoxy groups -OCH3 is 1. The predicted octanol–water partition coefficient (Wildman–Crippen LogP) is -5.45. The predicted molar refractivity (Wildman–Crippen MR) is 212 cm³/mol. The second kappa shape index (κ2) is 22.4. The van der Waals surface area contributed by atoms with Gasteiger partial charge in [-0.1, -0.05) is 6.08 Å². The first kappa shape index (κ1) is 51.2. The molecule has 0 radical (unpaired) electrons. The Morgan fingerprint density at radius 3 is 2.02 bits per heavy atom. The van der Waals surface area contributed by atoms with E-state index in [-0.39, 0.29) is 44.1 Å². The van der Waals surface area contributed by atoms with Crippen molar-refractivity contribution >= 4 is 5.97 Å². The van der Waals surface area contributed by atoms with Gasteiger partial charge in [-0.25, -0.2) is 4.79 Å². The molecule has 4 aliphatic heterocycles. The lowest BCUT2D eigenvalue weighted by molar-refractivity contribution is -0.376. The molecule has 7 rings (SSSR count). The maximum atomic E-state index is 12.6. The van der Waals surface area contributed by atoms with E-state index in [2.05, 4.69) is 0 Å². The summed E-state index contributed by atoms with van der Waals surface area (Å²) in [6.07, 6.45) is -25.6. The highest BCUT2D eigenvalue weighted by molar-refractivity contribution is 5.81. The highest BCUT2D eigenvalue weighted by atomic mass is 16.8. The fourth-order valence-electron chi connectivity index (χ4n) is 10.3. The van der Waals surface area contributed by atoms with Gasteiger partial charge >= 0.3 is 5.97 Å². The van der Waals surface area contributed by atoms with E-state index in [4.69, 9.17) is 42.6 Å². The third-order valence-electron chi connectivity index (χ3n) is 14.3. The Balaban J connectivity index is 1.05. The molecule has 65 heavy (non-hydrogen) atoms. The summed E-state index contributed by atoms with van der Waals surface area (Å²) in [5.74, 6) is -1.80. The summed E-state index contributed by atoms with van der Waals surface area (Å²) in [5.41, 5.74) is 0. The first-order valence-corrected chi connectivity index (χ1v) is 22.7. The summed E-state index contributed by atoms with van der Waals surface area (Å²) in [6.45, 7) is -1.72. The molecule has 7 aliphatic rings. The third-order valence-corrected chi connectivity index (χ3v) is 14.3. The van der Waals surface area contributed by atoms with Crippen molar-refractivity contribution in [1.29, 1.82) is 0 Å². The zero-order valence-electron chi connectivity index (χ0n) is 36.0. The average molecular weight is 941 g/mol. The number of rotatable bonds is 13. The molecule has 3 saturated carbocycles. The summed E-state index contributed by atoms with van der Waals surface area (Å²) >= 11 is 0. The van der Waals surface area contributed by atoms with Crippen LogP contribution < -0.4 is 0 Å². The van der Waals surface area contributed by atoms with Gasteiger partial charge in [0.25, 0.3) is 0 Å². The molecule has 0 aromatic heterocycles. The van der Waals surface area contributed by atoms with Gasteiger partial charge in [-0.2, -0.15) is 0 Å². The fraction of sp³-hybridized carbons (Fsp3) is 0.929. The molecule has 4 saturated heterocycles. The summed E-state index contributed by atoms with van der Waals surface area (Å²) in [5, 5.41) is 139. The van der Waals surface area contributed by atoms with E-state index in [0.29, 0.717) is 25.7 Å². The molecular formula is C42H68O23. The summed E-state index contributed by atoms with van der Waals surface area (Å²) in [6, 6.07) is 0. The van der Waals surface area contributed by atoms with Crippen LogP contribution in [0.4, 0.5) is 0 Å². The molecule has 26 unspecified atom stereocenters. The molecule has 0 aromatic carbocycles. The Labute approximate surface area is 374 Å². The molecule has 23 heteroatoms. The Hall–Kier alpha value is -1.63.